The van der Waals surface area contributed by atoms with Crippen LogP contribution in [0.2, 0.25) is 0 Å². The van der Waals surface area contributed by atoms with Gasteiger partial charge in [-0.1, -0.05) is 0 Å². The van der Waals surface area contributed by atoms with Gasteiger partial charge in [-0.25, -0.2) is 4.79 Å². The van der Waals surface area contributed by atoms with Crippen molar-refractivity contribution in [1.82, 2.24) is 0 Å². The van der Waals surface area contributed by atoms with Gasteiger partial charge in [-0.05, 0) is 18.2 Å². The number of ether oxygens (including phenoxy) is 4. The lowest BCUT2D eigenvalue weighted by molar-refractivity contribution is -0.359. The van der Waals surface area contributed by atoms with E-state index < -0.39 is 49.0 Å². The van der Waals surface area contributed by atoms with E-state index in [2.05, 4.69) is 0 Å². The van der Waals surface area contributed by atoms with E-state index in [0.717, 1.165) is 0 Å². The number of aliphatic hydroxyl groups is 3. The van der Waals surface area contributed by atoms with Gasteiger partial charge in [0.1, 0.15) is 29.6 Å². The molecule has 27 heavy (non-hydrogen) atoms. The van der Waals surface area contributed by atoms with E-state index in [0.29, 0.717) is 11.0 Å². The van der Waals surface area contributed by atoms with E-state index in [1.807, 2.05) is 0 Å². The molecule has 4 rings (SSSR count). The summed E-state index contributed by atoms with van der Waals surface area (Å²) in [5.41, 5.74) is -1.65. The van der Waals surface area contributed by atoms with Crippen LogP contribution >= 0.6 is 0 Å². The third-order valence-electron chi connectivity index (χ3n) is 4.91. The van der Waals surface area contributed by atoms with Crippen molar-refractivity contribution < 1.29 is 38.7 Å². The first-order chi connectivity index (χ1) is 13.1. The topological polar surface area (TPSA) is 128 Å². The highest BCUT2D eigenvalue weighted by Crippen LogP contribution is 2.38. The summed E-state index contributed by atoms with van der Waals surface area (Å²) in [5.74, 6) is 0.279. The summed E-state index contributed by atoms with van der Waals surface area (Å²) in [6.45, 7) is -0.506. The average molecular weight is 380 g/mol. The van der Waals surface area contributed by atoms with Crippen molar-refractivity contribution in [2.24, 2.45) is 0 Å². The van der Waals surface area contributed by atoms with Gasteiger partial charge in [-0.2, -0.15) is 0 Å². The summed E-state index contributed by atoms with van der Waals surface area (Å²) in [5, 5.41) is 31.0. The van der Waals surface area contributed by atoms with Crippen molar-refractivity contribution in [3.63, 3.8) is 0 Å². The Bertz CT molecular complexity index is 865. The molecule has 146 valence electrons. The second-order valence-electron chi connectivity index (χ2n) is 6.50. The Morgan fingerprint density at radius 1 is 1.19 bits per heavy atom. The van der Waals surface area contributed by atoms with Crippen LogP contribution in [0.25, 0.3) is 11.0 Å². The lowest BCUT2D eigenvalue weighted by Gasteiger charge is -2.52. The van der Waals surface area contributed by atoms with Crippen LogP contribution in [0.15, 0.2) is 39.5 Å². The standard InChI is InChI=1S/C18H20O9/c19-8-13-16-18(9-20,24-6-5-23-16)15(22)17(27-13)25-11-3-1-10-2-4-14(21)26-12(10)7-11/h1-4,7,13,15-17,19-20,22H,5-6,8-9H2/t13-,15+,16-,17+,18+/m1/s1. The summed E-state index contributed by atoms with van der Waals surface area (Å²) in [6.07, 6.45) is -4.32. The quantitative estimate of drug-likeness (QED) is 0.596. The second kappa shape index (κ2) is 7.19. The molecule has 2 aromatic rings. The molecule has 1 aromatic heterocycles. The van der Waals surface area contributed by atoms with Gasteiger partial charge in [0.25, 0.3) is 0 Å². The van der Waals surface area contributed by atoms with Gasteiger partial charge in [-0.3, -0.25) is 0 Å². The van der Waals surface area contributed by atoms with Crippen molar-refractivity contribution in [3.8, 4) is 5.75 Å². The first kappa shape index (κ1) is 18.4. The summed E-state index contributed by atoms with van der Waals surface area (Å²) >= 11 is 0. The molecule has 2 fully saturated rings. The molecule has 0 aliphatic carbocycles. The Kier molecular flexibility index (Phi) is 4.89. The van der Waals surface area contributed by atoms with Gasteiger partial charge >= 0.3 is 5.63 Å². The van der Waals surface area contributed by atoms with E-state index in [9.17, 15) is 20.1 Å². The van der Waals surface area contributed by atoms with Crippen LogP contribution in [0.5, 0.6) is 5.75 Å². The summed E-state index contributed by atoms with van der Waals surface area (Å²) in [6, 6.07) is 7.75. The fourth-order valence-corrected chi connectivity index (χ4v) is 3.56. The zero-order chi connectivity index (χ0) is 19.0. The number of fused-ring (bicyclic) bond motifs is 2. The molecule has 3 heterocycles. The van der Waals surface area contributed by atoms with Gasteiger partial charge in [0.2, 0.25) is 6.29 Å². The molecule has 0 amide bonds. The minimum absolute atomic E-state index is 0.181. The highest BCUT2D eigenvalue weighted by molar-refractivity contribution is 5.77. The van der Waals surface area contributed by atoms with Gasteiger partial charge in [-0.15, -0.1) is 0 Å². The van der Waals surface area contributed by atoms with Gasteiger partial charge in [0.05, 0.1) is 26.4 Å². The van der Waals surface area contributed by atoms with E-state index in [4.69, 9.17) is 23.4 Å². The molecule has 2 saturated heterocycles. The predicted molar refractivity (Wildman–Crippen MR) is 90.4 cm³/mol. The molecule has 9 nitrogen and oxygen atoms in total. The molecular weight excluding hydrogens is 360 g/mol. The summed E-state index contributed by atoms with van der Waals surface area (Å²) in [7, 11) is 0. The van der Waals surface area contributed by atoms with Crippen LogP contribution in [0.1, 0.15) is 0 Å². The monoisotopic (exact) mass is 380 g/mol. The van der Waals surface area contributed by atoms with Crippen molar-refractivity contribution in [1.29, 1.82) is 0 Å². The van der Waals surface area contributed by atoms with E-state index in [1.54, 1.807) is 18.2 Å². The molecule has 9 heteroatoms. The Hall–Kier alpha value is -2.01. The maximum atomic E-state index is 11.4. The van der Waals surface area contributed by atoms with Crippen molar-refractivity contribution in [2.75, 3.05) is 26.4 Å². The smallest absolute Gasteiger partial charge is 0.336 e. The molecular formula is C18H20O9. The van der Waals surface area contributed by atoms with Gasteiger partial charge < -0.3 is 38.7 Å². The van der Waals surface area contributed by atoms with E-state index >= 15 is 0 Å². The Labute approximate surface area is 153 Å². The van der Waals surface area contributed by atoms with Crippen molar-refractivity contribution in [2.45, 2.75) is 30.2 Å². The number of rotatable bonds is 4. The largest absolute Gasteiger partial charge is 0.462 e. The van der Waals surface area contributed by atoms with Crippen molar-refractivity contribution >= 4 is 11.0 Å². The zero-order valence-corrected chi connectivity index (χ0v) is 14.3. The molecule has 3 N–H and O–H groups in total. The van der Waals surface area contributed by atoms with E-state index in [1.165, 1.54) is 12.1 Å². The van der Waals surface area contributed by atoms with Gasteiger partial charge in [0, 0.05) is 17.5 Å². The summed E-state index contributed by atoms with van der Waals surface area (Å²) in [4.78, 5) is 11.4. The molecule has 0 saturated carbocycles. The molecule has 0 unspecified atom stereocenters. The predicted octanol–water partition coefficient (Wildman–Crippen LogP) is -0.604. The highest BCUT2D eigenvalue weighted by Gasteiger charge is 2.60. The lowest BCUT2D eigenvalue weighted by Crippen LogP contribution is -2.73. The second-order valence-corrected chi connectivity index (χ2v) is 6.50. The maximum absolute atomic E-state index is 11.4. The fraction of sp³-hybridized carbons (Fsp3) is 0.500. The average Bonchev–Trinajstić information content (AvgIpc) is 2.69. The molecule has 0 bridgehead atoms. The van der Waals surface area contributed by atoms with Gasteiger partial charge in [0.15, 0.2) is 5.60 Å². The number of aliphatic hydroxyl groups excluding tert-OH is 3. The van der Waals surface area contributed by atoms with Crippen LogP contribution in [0.4, 0.5) is 0 Å². The van der Waals surface area contributed by atoms with Crippen LogP contribution in [-0.2, 0) is 14.2 Å². The minimum atomic E-state index is -1.47. The first-order valence-electron chi connectivity index (χ1n) is 8.59. The first-order valence-corrected chi connectivity index (χ1v) is 8.59. The highest BCUT2D eigenvalue weighted by atomic mass is 16.7. The van der Waals surface area contributed by atoms with E-state index in [-0.39, 0.29) is 19.0 Å². The molecule has 1 aromatic carbocycles. The maximum Gasteiger partial charge on any atom is 0.336 e. The third kappa shape index (κ3) is 3.12. The third-order valence-corrected chi connectivity index (χ3v) is 4.91. The van der Waals surface area contributed by atoms with Crippen LogP contribution in [-0.4, -0.2) is 72.0 Å². The van der Waals surface area contributed by atoms with Crippen LogP contribution < -0.4 is 10.4 Å². The SMILES string of the molecule is O=c1ccc2ccc(O[C@H]3O[C@H](CO)[C@H]4OCCO[C@@]4(CO)[C@H]3O)cc2o1. The zero-order valence-electron chi connectivity index (χ0n) is 14.3. The molecule has 2 aliphatic heterocycles. The fourth-order valence-electron chi connectivity index (χ4n) is 3.56. The molecule has 0 radical (unpaired) electrons. The Morgan fingerprint density at radius 3 is 2.78 bits per heavy atom. The van der Waals surface area contributed by atoms with Crippen molar-refractivity contribution in [3.05, 3.63) is 40.8 Å². The Morgan fingerprint density at radius 2 is 2.00 bits per heavy atom. The van der Waals surface area contributed by atoms with Crippen LogP contribution in [0, 0.1) is 0 Å². The number of benzene rings is 1. The van der Waals surface area contributed by atoms with Crippen LogP contribution in [0.3, 0.4) is 0 Å². The molecule has 0 spiro atoms. The Balaban J connectivity index is 1.64. The summed E-state index contributed by atoms with van der Waals surface area (Å²) < 4.78 is 27.8. The number of hydrogen-bond acceptors (Lipinski definition) is 9. The number of hydrogen-bond donors (Lipinski definition) is 3. The molecule has 2 aliphatic rings. The normalized spacial score (nSPS) is 33.6. The molecule has 5 atom stereocenters. The minimum Gasteiger partial charge on any atom is -0.462 e. The lowest BCUT2D eigenvalue weighted by atomic mass is 9.83.